The van der Waals surface area contributed by atoms with Gasteiger partial charge in [0, 0.05) is 17.9 Å². The van der Waals surface area contributed by atoms with Gasteiger partial charge in [0.2, 0.25) is 5.16 Å². The molecule has 0 amide bonds. The molecule has 0 bridgehead atoms. The first-order valence-corrected chi connectivity index (χ1v) is 11.6. The van der Waals surface area contributed by atoms with Crippen molar-refractivity contribution in [1.82, 2.24) is 25.5 Å². The highest BCUT2D eigenvalue weighted by atomic mass is 32.2. The van der Waals surface area contributed by atoms with E-state index in [2.05, 4.69) is 71.1 Å². The van der Waals surface area contributed by atoms with E-state index in [9.17, 15) is 0 Å². The maximum absolute atomic E-state index is 6.07. The second kappa shape index (κ2) is 10.4. The van der Waals surface area contributed by atoms with Crippen LogP contribution in [0.3, 0.4) is 0 Å². The van der Waals surface area contributed by atoms with Crippen LogP contribution in [0.4, 0.5) is 0 Å². The lowest BCUT2D eigenvalue weighted by atomic mass is 10.0. The highest BCUT2D eigenvalue weighted by molar-refractivity contribution is 7.99. The van der Waals surface area contributed by atoms with E-state index < -0.39 is 0 Å². The van der Waals surface area contributed by atoms with Gasteiger partial charge in [-0.05, 0) is 66.2 Å². The summed E-state index contributed by atoms with van der Waals surface area (Å²) in [5.74, 6) is 1.89. The van der Waals surface area contributed by atoms with Crippen molar-refractivity contribution in [3.05, 3.63) is 72.3 Å². The molecule has 1 heterocycles. The summed E-state index contributed by atoms with van der Waals surface area (Å²) in [6, 6.07) is 22.6. The van der Waals surface area contributed by atoms with E-state index in [4.69, 9.17) is 4.74 Å². The van der Waals surface area contributed by atoms with E-state index in [1.807, 2.05) is 30.3 Å². The molecular weight excluding hydrogens is 406 g/mol. The number of ether oxygens (including phenoxy) is 1. The molecule has 0 aliphatic carbocycles. The van der Waals surface area contributed by atoms with Crippen LogP contribution in [0.2, 0.25) is 0 Å². The Balaban J connectivity index is 1.32. The number of aromatic nitrogens is 4. The van der Waals surface area contributed by atoms with Gasteiger partial charge in [0.1, 0.15) is 5.75 Å². The third-order valence-electron chi connectivity index (χ3n) is 4.83. The maximum Gasteiger partial charge on any atom is 0.214 e. The molecule has 4 aromatic rings. The molecule has 1 aromatic heterocycles. The van der Waals surface area contributed by atoms with Crippen LogP contribution in [0, 0.1) is 0 Å². The minimum atomic E-state index is 0.145. The summed E-state index contributed by atoms with van der Waals surface area (Å²) in [4.78, 5) is 0. The Hall–Kier alpha value is -2.90. The van der Waals surface area contributed by atoms with Crippen LogP contribution in [-0.4, -0.2) is 38.6 Å². The number of rotatable bonds is 10. The van der Waals surface area contributed by atoms with Gasteiger partial charge in [-0.1, -0.05) is 60.3 Å². The number of nitrogens with zero attached hydrogens (tertiary/aromatic N) is 4. The Kier molecular flexibility index (Phi) is 7.17. The van der Waals surface area contributed by atoms with Crippen LogP contribution in [0.1, 0.15) is 25.8 Å². The maximum atomic E-state index is 6.07. The van der Waals surface area contributed by atoms with E-state index in [0.717, 1.165) is 41.9 Å². The van der Waals surface area contributed by atoms with Crippen LogP contribution in [0.25, 0.3) is 16.5 Å². The van der Waals surface area contributed by atoms with E-state index in [1.165, 1.54) is 16.3 Å². The third-order valence-corrected chi connectivity index (χ3v) is 5.84. The van der Waals surface area contributed by atoms with Gasteiger partial charge in [-0.3, -0.25) is 0 Å². The summed E-state index contributed by atoms with van der Waals surface area (Å²) in [5.41, 5.74) is 2.19. The third kappa shape index (κ3) is 5.42. The summed E-state index contributed by atoms with van der Waals surface area (Å²) in [5, 5.41) is 19.0. The molecule has 4 rings (SSSR count). The normalized spacial score (nSPS) is 11.3. The zero-order valence-electron chi connectivity index (χ0n) is 17.9. The van der Waals surface area contributed by atoms with E-state index >= 15 is 0 Å². The van der Waals surface area contributed by atoms with Gasteiger partial charge < -0.3 is 10.1 Å². The molecule has 160 valence electrons. The molecule has 0 spiro atoms. The van der Waals surface area contributed by atoms with Crippen LogP contribution < -0.4 is 10.1 Å². The summed E-state index contributed by atoms with van der Waals surface area (Å²) in [6.45, 7) is 5.80. The number of para-hydroxylation sites is 1. The molecule has 0 radical (unpaired) electrons. The molecule has 0 fully saturated rings. The van der Waals surface area contributed by atoms with Crippen molar-refractivity contribution in [2.45, 2.75) is 38.1 Å². The van der Waals surface area contributed by atoms with Crippen molar-refractivity contribution in [2.75, 3.05) is 12.3 Å². The standard InChI is InChI=1S/C24H27N5OS/c1-18(2)30-23-14-13-19-9-6-7-12-21(19)22(23)17-25-15-8-16-31-24-26-27-28-29(24)20-10-4-3-5-11-20/h3-7,9-14,18,25H,8,15-17H2,1-2H3. The SMILES string of the molecule is CC(C)Oc1ccc2ccccc2c1CNCCCSc1nnnn1-c1ccccc1. The second-order valence-corrected chi connectivity index (χ2v) is 8.58. The van der Waals surface area contributed by atoms with Crippen LogP contribution in [0.15, 0.2) is 71.9 Å². The monoisotopic (exact) mass is 433 g/mol. The first-order chi connectivity index (χ1) is 15.2. The summed E-state index contributed by atoms with van der Waals surface area (Å²) >= 11 is 1.67. The van der Waals surface area contributed by atoms with Gasteiger partial charge in [0.05, 0.1) is 11.8 Å². The van der Waals surface area contributed by atoms with E-state index in [0.29, 0.717) is 0 Å². The van der Waals surface area contributed by atoms with Gasteiger partial charge >= 0.3 is 0 Å². The minimum Gasteiger partial charge on any atom is -0.491 e. The van der Waals surface area contributed by atoms with Gasteiger partial charge in [0.25, 0.3) is 0 Å². The molecule has 6 nitrogen and oxygen atoms in total. The summed E-state index contributed by atoms with van der Waals surface area (Å²) in [7, 11) is 0. The van der Waals surface area contributed by atoms with Crippen molar-refractivity contribution < 1.29 is 4.74 Å². The van der Waals surface area contributed by atoms with Gasteiger partial charge in [-0.2, -0.15) is 4.68 Å². The number of hydrogen-bond donors (Lipinski definition) is 1. The lowest BCUT2D eigenvalue weighted by Crippen LogP contribution is -2.17. The average Bonchev–Trinajstić information content (AvgIpc) is 3.26. The van der Waals surface area contributed by atoms with Crippen LogP contribution >= 0.6 is 11.8 Å². The predicted octanol–water partition coefficient (Wildman–Crippen LogP) is 4.87. The van der Waals surface area contributed by atoms with Gasteiger partial charge in [-0.15, -0.1) is 5.10 Å². The molecular formula is C24H27N5OS. The minimum absolute atomic E-state index is 0.145. The van der Waals surface area contributed by atoms with Crippen LogP contribution in [-0.2, 0) is 6.54 Å². The summed E-state index contributed by atoms with van der Waals surface area (Å²) in [6.07, 6.45) is 1.16. The number of fused-ring (bicyclic) bond motifs is 1. The molecule has 31 heavy (non-hydrogen) atoms. The fourth-order valence-corrected chi connectivity index (χ4v) is 4.27. The number of thioether (sulfide) groups is 1. The lowest BCUT2D eigenvalue weighted by molar-refractivity contribution is 0.240. The van der Waals surface area contributed by atoms with Crippen molar-refractivity contribution in [3.8, 4) is 11.4 Å². The molecule has 0 atom stereocenters. The Bertz CT molecular complexity index is 1110. The smallest absolute Gasteiger partial charge is 0.214 e. The zero-order valence-corrected chi connectivity index (χ0v) is 18.7. The zero-order chi connectivity index (χ0) is 21.5. The molecule has 1 N–H and O–H groups in total. The first kappa shape index (κ1) is 21.3. The molecule has 7 heteroatoms. The fourth-order valence-electron chi connectivity index (χ4n) is 3.44. The fraction of sp³-hybridized carbons (Fsp3) is 0.292. The Morgan fingerprint density at radius 3 is 2.65 bits per heavy atom. The van der Waals surface area contributed by atoms with Crippen molar-refractivity contribution in [3.63, 3.8) is 0 Å². The van der Waals surface area contributed by atoms with Crippen molar-refractivity contribution >= 4 is 22.5 Å². The van der Waals surface area contributed by atoms with Crippen molar-refractivity contribution in [1.29, 1.82) is 0 Å². The van der Waals surface area contributed by atoms with Gasteiger partial charge in [-0.25, -0.2) is 0 Å². The van der Waals surface area contributed by atoms with E-state index in [-0.39, 0.29) is 6.10 Å². The lowest BCUT2D eigenvalue weighted by Gasteiger charge is -2.17. The Morgan fingerprint density at radius 2 is 1.81 bits per heavy atom. The largest absolute Gasteiger partial charge is 0.491 e. The Labute approximate surface area is 187 Å². The number of tetrazole rings is 1. The Morgan fingerprint density at radius 1 is 1.00 bits per heavy atom. The molecule has 0 unspecified atom stereocenters. The molecule has 0 aliphatic rings. The van der Waals surface area contributed by atoms with E-state index in [1.54, 1.807) is 16.4 Å². The predicted molar refractivity (Wildman–Crippen MR) is 126 cm³/mol. The second-order valence-electron chi connectivity index (χ2n) is 7.52. The quantitative estimate of drug-likeness (QED) is 0.284. The number of hydrogen-bond acceptors (Lipinski definition) is 6. The molecule has 3 aromatic carbocycles. The molecule has 0 saturated heterocycles. The van der Waals surface area contributed by atoms with Crippen LogP contribution in [0.5, 0.6) is 5.75 Å². The first-order valence-electron chi connectivity index (χ1n) is 10.6. The number of nitrogens with one attached hydrogen (secondary N) is 1. The average molecular weight is 434 g/mol. The topological polar surface area (TPSA) is 64.9 Å². The summed E-state index contributed by atoms with van der Waals surface area (Å²) < 4.78 is 7.85. The molecule has 0 aliphatic heterocycles. The number of benzene rings is 3. The molecule has 0 saturated carbocycles. The highest BCUT2D eigenvalue weighted by Crippen LogP contribution is 2.29. The highest BCUT2D eigenvalue weighted by Gasteiger charge is 2.11. The van der Waals surface area contributed by atoms with Crippen molar-refractivity contribution in [2.24, 2.45) is 0 Å². The van der Waals surface area contributed by atoms with Gasteiger partial charge in [0.15, 0.2) is 0 Å².